The Bertz CT molecular complexity index is 352. The summed E-state index contributed by atoms with van der Waals surface area (Å²) >= 11 is 0. The standard InChI is InChI=1S/C12H14N2/c1-12(10-13)7-8-14(12)9-11-5-3-2-4-6-11/h2-6H,7-9H2,1H3. The lowest BCUT2D eigenvalue weighted by molar-refractivity contribution is 0.0382. The summed E-state index contributed by atoms with van der Waals surface area (Å²) in [5.41, 5.74) is 1.06. The van der Waals surface area contributed by atoms with E-state index in [4.69, 9.17) is 5.26 Å². The molecule has 2 rings (SSSR count). The van der Waals surface area contributed by atoms with E-state index in [1.807, 2.05) is 25.1 Å². The van der Waals surface area contributed by atoms with Crippen molar-refractivity contribution in [1.82, 2.24) is 4.90 Å². The highest BCUT2D eigenvalue weighted by Gasteiger charge is 2.40. The number of nitrogens with zero attached hydrogens (tertiary/aromatic N) is 2. The van der Waals surface area contributed by atoms with Gasteiger partial charge in [0.2, 0.25) is 0 Å². The quantitative estimate of drug-likeness (QED) is 0.707. The fraction of sp³-hybridized carbons (Fsp3) is 0.417. The number of nitriles is 1. The van der Waals surface area contributed by atoms with Crippen LogP contribution in [-0.2, 0) is 6.54 Å². The van der Waals surface area contributed by atoms with Gasteiger partial charge in [0.1, 0.15) is 5.54 Å². The van der Waals surface area contributed by atoms with Crippen LogP contribution in [0.2, 0.25) is 0 Å². The van der Waals surface area contributed by atoms with E-state index in [-0.39, 0.29) is 5.54 Å². The molecule has 1 aliphatic rings. The third-order valence-corrected chi connectivity index (χ3v) is 3.02. The van der Waals surface area contributed by atoms with Crippen molar-refractivity contribution in [3.8, 4) is 6.07 Å². The molecule has 0 radical (unpaired) electrons. The molecule has 0 spiro atoms. The van der Waals surface area contributed by atoms with Crippen LogP contribution >= 0.6 is 0 Å². The molecular formula is C12H14N2. The van der Waals surface area contributed by atoms with Crippen LogP contribution in [0.4, 0.5) is 0 Å². The predicted molar refractivity (Wildman–Crippen MR) is 55.5 cm³/mol. The fourth-order valence-corrected chi connectivity index (χ4v) is 1.79. The van der Waals surface area contributed by atoms with Crippen LogP contribution in [0.3, 0.4) is 0 Å². The second-order valence-electron chi connectivity index (χ2n) is 4.04. The molecule has 0 saturated carbocycles. The molecule has 0 bridgehead atoms. The molecule has 72 valence electrons. The summed E-state index contributed by atoms with van der Waals surface area (Å²) in [6.07, 6.45) is 0.996. The molecule has 1 fully saturated rings. The monoisotopic (exact) mass is 186 g/mol. The summed E-state index contributed by atoms with van der Waals surface area (Å²) in [5.74, 6) is 0. The van der Waals surface area contributed by atoms with Crippen molar-refractivity contribution in [1.29, 1.82) is 5.26 Å². The molecule has 0 amide bonds. The average molecular weight is 186 g/mol. The van der Waals surface area contributed by atoms with Crippen LogP contribution < -0.4 is 0 Å². The summed E-state index contributed by atoms with van der Waals surface area (Å²) in [6, 6.07) is 12.7. The van der Waals surface area contributed by atoms with Gasteiger partial charge in [-0.3, -0.25) is 4.90 Å². The molecule has 0 aromatic heterocycles. The zero-order valence-corrected chi connectivity index (χ0v) is 8.40. The lowest BCUT2D eigenvalue weighted by atomic mass is 9.88. The van der Waals surface area contributed by atoms with Gasteiger partial charge in [-0.15, -0.1) is 0 Å². The molecule has 1 heterocycles. The number of likely N-dealkylation sites (tertiary alicyclic amines) is 1. The topological polar surface area (TPSA) is 27.0 Å². The van der Waals surface area contributed by atoms with Crippen LogP contribution in [0.5, 0.6) is 0 Å². The van der Waals surface area contributed by atoms with E-state index >= 15 is 0 Å². The zero-order chi connectivity index (χ0) is 10.0. The van der Waals surface area contributed by atoms with E-state index in [1.165, 1.54) is 5.56 Å². The van der Waals surface area contributed by atoms with Gasteiger partial charge < -0.3 is 0 Å². The van der Waals surface area contributed by atoms with E-state index in [1.54, 1.807) is 0 Å². The Balaban J connectivity index is 2.04. The molecule has 0 aliphatic carbocycles. The first-order valence-corrected chi connectivity index (χ1v) is 4.95. The lowest BCUT2D eigenvalue weighted by Crippen LogP contribution is -2.56. The van der Waals surface area contributed by atoms with E-state index in [2.05, 4.69) is 23.1 Å². The Morgan fingerprint density at radius 2 is 2.14 bits per heavy atom. The van der Waals surface area contributed by atoms with Gasteiger partial charge in [0.25, 0.3) is 0 Å². The highest BCUT2D eigenvalue weighted by atomic mass is 15.2. The summed E-state index contributed by atoms with van der Waals surface area (Å²) < 4.78 is 0. The van der Waals surface area contributed by atoms with E-state index in [0.29, 0.717) is 0 Å². The molecular weight excluding hydrogens is 172 g/mol. The van der Waals surface area contributed by atoms with Gasteiger partial charge in [-0.25, -0.2) is 0 Å². The Labute approximate surface area is 84.8 Å². The molecule has 14 heavy (non-hydrogen) atoms. The molecule has 1 unspecified atom stereocenters. The molecule has 2 nitrogen and oxygen atoms in total. The first-order valence-electron chi connectivity index (χ1n) is 4.95. The summed E-state index contributed by atoms with van der Waals surface area (Å²) in [7, 11) is 0. The SMILES string of the molecule is CC1(C#N)CCN1Cc1ccccc1. The Kier molecular flexibility index (Phi) is 2.26. The number of hydrogen-bond donors (Lipinski definition) is 0. The maximum Gasteiger partial charge on any atom is 0.107 e. The van der Waals surface area contributed by atoms with Crippen LogP contribution in [0.1, 0.15) is 18.9 Å². The first-order chi connectivity index (χ1) is 6.74. The van der Waals surface area contributed by atoms with Gasteiger partial charge in [0.05, 0.1) is 6.07 Å². The smallest absolute Gasteiger partial charge is 0.107 e. The fourth-order valence-electron chi connectivity index (χ4n) is 1.79. The Hall–Kier alpha value is -1.33. The van der Waals surface area contributed by atoms with Crippen LogP contribution in [0.25, 0.3) is 0 Å². The minimum atomic E-state index is -0.226. The van der Waals surface area contributed by atoms with E-state index in [9.17, 15) is 0 Å². The van der Waals surface area contributed by atoms with Gasteiger partial charge >= 0.3 is 0 Å². The minimum absolute atomic E-state index is 0.226. The maximum absolute atomic E-state index is 9.00. The summed E-state index contributed by atoms with van der Waals surface area (Å²) in [6.45, 7) is 3.95. The number of rotatable bonds is 2. The van der Waals surface area contributed by atoms with E-state index < -0.39 is 0 Å². The molecule has 1 saturated heterocycles. The van der Waals surface area contributed by atoms with Crippen LogP contribution in [0, 0.1) is 11.3 Å². The predicted octanol–water partition coefficient (Wildman–Crippen LogP) is 2.17. The summed E-state index contributed by atoms with van der Waals surface area (Å²) in [4.78, 5) is 2.22. The van der Waals surface area contributed by atoms with Crippen molar-refractivity contribution in [2.75, 3.05) is 6.54 Å². The molecule has 1 aromatic rings. The van der Waals surface area contributed by atoms with Crippen molar-refractivity contribution in [3.63, 3.8) is 0 Å². The van der Waals surface area contributed by atoms with Crippen LogP contribution in [0.15, 0.2) is 30.3 Å². The Morgan fingerprint density at radius 1 is 1.43 bits per heavy atom. The van der Waals surface area contributed by atoms with Gasteiger partial charge in [-0.1, -0.05) is 30.3 Å². The minimum Gasteiger partial charge on any atom is -0.281 e. The van der Waals surface area contributed by atoms with Crippen molar-refractivity contribution in [2.24, 2.45) is 0 Å². The normalized spacial score (nSPS) is 26.6. The molecule has 0 N–H and O–H groups in total. The van der Waals surface area contributed by atoms with Crippen LogP contribution in [-0.4, -0.2) is 17.0 Å². The molecule has 1 aliphatic heterocycles. The van der Waals surface area contributed by atoms with Gasteiger partial charge in [0.15, 0.2) is 0 Å². The second-order valence-corrected chi connectivity index (χ2v) is 4.04. The number of benzene rings is 1. The van der Waals surface area contributed by atoms with Gasteiger partial charge in [-0.05, 0) is 18.9 Å². The zero-order valence-electron chi connectivity index (χ0n) is 8.40. The largest absolute Gasteiger partial charge is 0.281 e. The second kappa shape index (κ2) is 3.43. The van der Waals surface area contributed by atoms with Gasteiger partial charge in [0, 0.05) is 13.1 Å². The van der Waals surface area contributed by atoms with Crippen molar-refractivity contribution in [3.05, 3.63) is 35.9 Å². The lowest BCUT2D eigenvalue weighted by Gasteiger charge is -2.45. The van der Waals surface area contributed by atoms with Crippen molar-refractivity contribution < 1.29 is 0 Å². The highest BCUT2D eigenvalue weighted by molar-refractivity contribution is 5.18. The van der Waals surface area contributed by atoms with Crippen molar-refractivity contribution in [2.45, 2.75) is 25.4 Å². The highest BCUT2D eigenvalue weighted by Crippen LogP contribution is 2.30. The third kappa shape index (κ3) is 1.51. The molecule has 1 aromatic carbocycles. The number of hydrogen-bond acceptors (Lipinski definition) is 2. The Morgan fingerprint density at radius 3 is 2.64 bits per heavy atom. The van der Waals surface area contributed by atoms with Crippen molar-refractivity contribution >= 4 is 0 Å². The molecule has 2 heteroatoms. The average Bonchev–Trinajstić information content (AvgIpc) is 2.25. The molecule has 1 atom stereocenters. The maximum atomic E-state index is 9.00. The first kappa shape index (κ1) is 9.23. The third-order valence-electron chi connectivity index (χ3n) is 3.02. The van der Waals surface area contributed by atoms with Gasteiger partial charge in [-0.2, -0.15) is 5.26 Å². The van der Waals surface area contributed by atoms with E-state index in [0.717, 1.165) is 19.5 Å². The summed E-state index contributed by atoms with van der Waals surface area (Å²) in [5, 5.41) is 9.00.